The third-order valence-electron chi connectivity index (χ3n) is 7.12. The molecule has 39 heavy (non-hydrogen) atoms. The van der Waals surface area contributed by atoms with Crippen LogP contribution in [0.15, 0.2) is 62.9 Å². The van der Waals surface area contributed by atoms with Crippen LogP contribution < -0.4 is 27.2 Å². The number of carbonyl (C=O) groups excluding carboxylic acids is 1. The van der Waals surface area contributed by atoms with Crippen molar-refractivity contribution in [1.29, 1.82) is 0 Å². The normalized spacial score (nSPS) is 15.0. The second kappa shape index (κ2) is 12.0. The molecule has 0 atom stereocenters. The Labute approximate surface area is 235 Å². The van der Waals surface area contributed by atoms with Gasteiger partial charge in [-0.05, 0) is 68.1 Å². The largest absolute Gasteiger partial charge is 0.450 e. The average Bonchev–Trinajstić information content (AvgIpc) is 2.93. The van der Waals surface area contributed by atoms with Crippen molar-refractivity contribution in [2.24, 2.45) is 16.5 Å². The van der Waals surface area contributed by atoms with Crippen LogP contribution in [0.5, 0.6) is 11.5 Å². The molecule has 3 aromatic rings. The molecule has 5 N–H and O–H groups in total. The number of ether oxygens (including phenoxy) is 1. The number of aryl methyl sites for hydroxylation is 1. The predicted octanol–water partition coefficient (Wildman–Crippen LogP) is 3.97. The third kappa shape index (κ3) is 6.66. The number of carbonyl (C=O) groups is 1. The number of piperidine rings is 1. The number of nitrogens with two attached hydrogens (primary N) is 2. The fourth-order valence-corrected chi connectivity index (χ4v) is 5.25. The molecule has 0 amide bonds. The van der Waals surface area contributed by atoms with Crippen molar-refractivity contribution < 1.29 is 9.53 Å². The molecule has 0 unspecified atom stereocenters. The van der Waals surface area contributed by atoms with Crippen molar-refractivity contribution in [3.63, 3.8) is 0 Å². The molecule has 2 aromatic carbocycles. The minimum Gasteiger partial charge on any atom is -0.450 e. The van der Waals surface area contributed by atoms with Gasteiger partial charge in [-0.25, -0.2) is 4.79 Å². The van der Waals surface area contributed by atoms with E-state index in [-0.39, 0.29) is 23.5 Å². The Balaban J connectivity index is 1.20. The summed E-state index contributed by atoms with van der Waals surface area (Å²) >= 11 is 3.43. The fraction of sp³-hybridized carbons (Fsp3) is 0.357. The first-order valence-corrected chi connectivity index (χ1v) is 13.9. The molecule has 3 heterocycles. The fourth-order valence-electron chi connectivity index (χ4n) is 4.99. The lowest BCUT2D eigenvalue weighted by molar-refractivity contribution is 0.0983. The number of aliphatic imine (C=N–C) groups is 1. The standard InChI is InChI=1S/C28H32BrN7O3/c29-20-6-2-18(3-7-20)4-8-23(37)19-5-9-24-22(16-19)33-26-25(39-24)17-36(28(38)34-26)21-10-14-35(15-11-21)13-1-12-32-27(30)31/h2-3,5-7,9,16-17,21H,1,4,8,10-15H2,(H4,30,31,32)(H,33,34,38). The summed E-state index contributed by atoms with van der Waals surface area (Å²) in [6.45, 7) is 3.30. The van der Waals surface area contributed by atoms with Crippen molar-refractivity contribution >= 4 is 39.2 Å². The Morgan fingerprint density at radius 1 is 1.13 bits per heavy atom. The Morgan fingerprint density at radius 3 is 2.64 bits per heavy atom. The lowest BCUT2D eigenvalue weighted by atomic mass is 10.0. The number of hydrogen-bond acceptors (Lipinski definition) is 7. The van der Waals surface area contributed by atoms with Gasteiger partial charge in [-0.3, -0.25) is 14.4 Å². The van der Waals surface area contributed by atoms with Crippen LogP contribution in [-0.2, 0) is 6.42 Å². The summed E-state index contributed by atoms with van der Waals surface area (Å²) in [6, 6.07) is 13.3. The maximum atomic E-state index is 12.9. The van der Waals surface area contributed by atoms with Crippen LogP contribution in [-0.4, -0.2) is 52.4 Å². The molecule has 1 fully saturated rings. The van der Waals surface area contributed by atoms with E-state index in [0.29, 0.717) is 48.0 Å². The molecular weight excluding hydrogens is 562 g/mol. The molecule has 10 nitrogen and oxygen atoms in total. The molecule has 1 aromatic heterocycles. The highest BCUT2D eigenvalue weighted by atomic mass is 79.9. The highest BCUT2D eigenvalue weighted by molar-refractivity contribution is 9.10. The Hall–Kier alpha value is -3.70. The SMILES string of the molecule is NC(N)=NCCCN1CCC(n2cc3c(nc2=O)Nc2cc(C(=O)CCc4ccc(Br)cc4)ccc2O3)CC1. The number of guanidine groups is 1. The van der Waals surface area contributed by atoms with Crippen LogP contribution in [0.3, 0.4) is 0 Å². The Kier molecular flexibility index (Phi) is 8.27. The lowest BCUT2D eigenvalue weighted by Gasteiger charge is -2.33. The second-order valence-electron chi connectivity index (χ2n) is 9.86. The number of halogens is 1. The van der Waals surface area contributed by atoms with Gasteiger partial charge in [0, 0.05) is 42.1 Å². The molecule has 0 saturated carbocycles. The zero-order valence-corrected chi connectivity index (χ0v) is 23.2. The van der Waals surface area contributed by atoms with E-state index in [9.17, 15) is 9.59 Å². The first kappa shape index (κ1) is 26.9. The number of Topliss-reactive ketones (excluding diaryl/α,β-unsaturated/α-hetero) is 1. The molecule has 0 aliphatic carbocycles. The maximum Gasteiger partial charge on any atom is 0.350 e. The van der Waals surface area contributed by atoms with E-state index in [4.69, 9.17) is 16.2 Å². The van der Waals surface area contributed by atoms with E-state index in [0.717, 1.165) is 48.9 Å². The van der Waals surface area contributed by atoms with E-state index in [1.807, 2.05) is 24.3 Å². The minimum absolute atomic E-state index is 0.0410. The molecule has 204 valence electrons. The van der Waals surface area contributed by atoms with Crippen molar-refractivity contribution in [2.45, 2.75) is 38.1 Å². The monoisotopic (exact) mass is 593 g/mol. The number of rotatable bonds is 9. The lowest BCUT2D eigenvalue weighted by Crippen LogP contribution is -2.38. The van der Waals surface area contributed by atoms with Crippen LogP contribution in [0.4, 0.5) is 11.5 Å². The summed E-state index contributed by atoms with van der Waals surface area (Å²) in [5, 5.41) is 3.19. The molecule has 2 aliphatic heterocycles. The quantitative estimate of drug-likeness (QED) is 0.114. The summed E-state index contributed by atoms with van der Waals surface area (Å²) < 4.78 is 8.79. The predicted molar refractivity (Wildman–Crippen MR) is 155 cm³/mol. The van der Waals surface area contributed by atoms with Gasteiger partial charge in [0.25, 0.3) is 0 Å². The number of fused-ring (bicyclic) bond motifs is 2. The number of hydrogen-bond donors (Lipinski definition) is 3. The van der Waals surface area contributed by atoms with Gasteiger partial charge >= 0.3 is 5.69 Å². The number of anilines is 2. The zero-order chi connectivity index (χ0) is 27.4. The van der Waals surface area contributed by atoms with Crippen LogP contribution in [0, 0.1) is 0 Å². The van der Waals surface area contributed by atoms with Gasteiger partial charge < -0.3 is 26.4 Å². The summed E-state index contributed by atoms with van der Waals surface area (Å²) in [7, 11) is 0. The molecule has 2 aliphatic rings. The van der Waals surface area contributed by atoms with Gasteiger partial charge in [0.05, 0.1) is 11.9 Å². The maximum absolute atomic E-state index is 12.9. The van der Waals surface area contributed by atoms with E-state index >= 15 is 0 Å². The molecule has 0 spiro atoms. The van der Waals surface area contributed by atoms with Crippen molar-refractivity contribution in [3.05, 3.63) is 74.7 Å². The van der Waals surface area contributed by atoms with Gasteiger partial charge in [0.15, 0.2) is 29.1 Å². The number of likely N-dealkylation sites (tertiary alicyclic amines) is 1. The number of ketones is 1. The summed E-state index contributed by atoms with van der Waals surface area (Å²) in [4.78, 5) is 36.4. The molecule has 11 heteroatoms. The van der Waals surface area contributed by atoms with Crippen molar-refractivity contribution in [3.8, 4) is 11.5 Å². The molecule has 1 saturated heterocycles. The second-order valence-corrected chi connectivity index (χ2v) is 10.8. The Morgan fingerprint density at radius 2 is 1.90 bits per heavy atom. The molecule has 0 radical (unpaired) electrons. The highest BCUT2D eigenvalue weighted by Gasteiger charge is 2.25. The molecular formula is C28H32BrN7O3. The average molecular weight is 595 g/mol. The van der Waals surface area contributed by atoms with Gasteiger partial charge in [-0.1, -0.05) is 28.1 Å². The first-order chi connectivity index (χ1) is 18.9. The van der Waals surface area contributed by atoms with E-state index < -0.39 is 0 Å². The number of nitrogens with zero attached hydrogens (tertiary/aromatic N) is 4. The summed E-state index contributed by atoms with van der Waals surface area (Å²) in [5.74, 6) is 1.61. The molecule has 5 rings (SSSR count). The molecule has 0 bridgehead atoms. The topological polar surface area (TPSA) is 141 Å². The van der Waals surface area contributed by atoms with Crippen LogP contribution in [0.1, 0.15) is 47.6 Å². The number of benzene rings is 2. The van der Waals surface area contributed by atoms with Gasteiger partial charge in [0.1, 0.15) is 0 Å². The summed E-state index contributed by atoms with van der Waals surface area (Å²) in [6.07, 6.45) is 5.39. The zero-order valence-electron chi connectivity index (χ0n) is 21.6. The summed E-state index contributed by atoms with van der Waals surface area (Å²) in [5.41, 5.74) is 12.8. The van der Waals surface area contributed by atoms with Gasteiger partial charge in [0.2, 0.25) is 0 Å². The number of nitrogens with one attached hydrogen (secondary N) is 1. The van der Waals surface area contributed by atoms with Gasteiger partial charge in [-0.15, -0.1) is 0 Å². The Bertz CT molecular complexity index is 1430. The van der Waals surface area contributed by atoms with E-state index in [2.05, 4.69) is 36.1 Å². The van der Waals surface area contributed by atoms with Gasteiger partial charge in [-0.2, -0.15) is 4.98 Å². The van der Waals surface area contributed by atoms with Crippen molar-refractivity contribution in [2.75, 3.05) is 31.5 Å². The van der Waals surface area contributed by atoms with Crippen molar-refractivity contribution in [1.82, 2.24) is 14.5 Å². The highest BCUT2D eigenvalue weighted by Crippen LogP contribution is 2.41. The van der Waals surface area contributed by atoms with Crippen LogP contribution in [0.25, 0.3) is 0 Å². The third-order valence-corrected chi connectivity index (χ3v) is 7.65. The minimum atomic E-state index is -0.318. The smallest absolute Gasteiger partial charge is 0.350 e. The van der Waals surface area contributed by atoms with E-state index in [1.54, 1.807) is 29.0 Å². The van der Waals surface area contributed by atoms with Crippen LogP contribution >= 0.6 is 15.9 Å². The first-order valence-electron chi connectivity index (χ1n) is 13.1. The van der Waals surface area contributed by atoms with E-state index in [1.165, 1.54) is 0 Å². The number of aromatic nitrogens is 2. The van der Waals surface area contributed by atoms with Crippen LogP contribution in [0.2, 0.25) is 0 Å².